The largest absolute Gasteiger partial charge is 0.488 e. The van der Waals surface area contributed by atoms with E-state index in [1.54, 1.807) is 12.1 Å². The zero-order valence-corrected chi connectivity index (χ0v) is 18.9. The maximum absolute atomic E-state index is 9.51. The van der Waals surface area contributed by atoms with E-state index in [4.69, 9.17) is 0 Å². The number of hydrogen-bond acceptors (Lipinski definition) is 3. The van der Waals surface area contributed by atoms with E-state index in [1.807, 2.05) is 30.3 Å². The molecule has 0 aliphatic heterocycles. The summed E-state index contributed by atoms with van der Waals surface area (Å²) in [6, 6.07) is 34.8. The van der Waals surface area contributed by atoms with Gasteiger partial charge in [-0.2, -0.15) is 0 Å². The Bertz CT molecular complexity index is 1290. The first-order chi connectivity index (χ1) is 16.7. The molecular weight excluding hydrogens is 417 g/mol. The summed E-state index contributed by atoms with van der Waals surface area (Å²) in [5.41, 5.74) is 8.43. The second-order valence-corrected chi connectivity index (χ2v) is 8.42. The van der Waals surface area contributed by atoms with Gasteiger partial charge in [0.2, 0.25) is 0 Å². The highest BCUT2D eigenvalue weighted by atomic mass is 16.4. The fraction of sp³-hybridized carbons (Fsp3) is 0.0667. The van der Waals surface area contributed by atoms with Gasteiger partial charge in [0.1, 0.15) is 0 Å². The molecule has 0 saturated heterocycles. The maximum atomic E-state index is 9.51. The smallest absolute Gasteiger partial charge is 0.423 e. The van der Waals surface area contributed by atoms with Crippen molar-refractivity contribution in [1.29, 1.82) is 0 Å². The van der Waals surface area contributed by atoms with E-state index in [9.17, 15) is 10.0 Å². The zero-order chi connectivity index (χ0) is 23.3. The molecule has 4 heteroatoms. The van der Waals surface area contributed by atoms with Crippen LogP contribution in [0.4, 0.5) is 17.1 Å². The normalized spacial score (nSPS) is 12.8. The zero-order valence-electron chi connectivity index (χ0n) is 18.9. The summed E-state index contributed by atoms with van der Waals surface area (Å²) in [7, 11) is -1.48. The van der Waals surface area contributed by atoms with E-state index in [2.05, 4.69) is 83.8 Å². The lowest BCUT2D eigenvalue weighted by atomic mass is 9.80. The molecule has 0 aromatic heterocycles. The standard InChI is InChI=1S/C30H26BNO2/c33-31(34)27-15-21-30(22-16-27)32(28-17-11-25(12-18-28)23-7-3-1-4-8-23)29-19-13-26(14-20-29)24-9-5-2-6-10-24/h1-5,7-9,11-22,33-34H,6,10H2. The number of nitrogens with zero attached hydrogens (tertiary/aromatic N) is 1. The molecule has 3 nitrogen and oxygen atoms in total. The third kappa shape index (κ3) is 4.74. The van der Waals surface area contributed by atoms with Crippen molar-refractivity contribution in [2.45, 2.75) is 12.8 Å². The third-order valence-electron chi connectivity index (χ3n) is 6.19. The van der Waals surface area contributed by atoms with Gasteiger partial charge in [0.15, 0.2) is 0 Å². The van der Waals surface area contributed by atoms with Gasteiger partial charge in [-0.15, -0.1) is 0 Å². The molecular formula is C30H26BNO2. The van der Waals surface area contributed by atoms with Gasteiger partial charge in [-0.05, 0) is 77.0 Å². The summed E-state index contributed by atoms with van der Waals surface area (Å²) in [5, 5.41) is 19.0. The second kappa shape index (κ2) is 9.96. The molecule has 0 heterocycles. The Morgan fingerprint density at radius 2 is 1.12 bits per heavy atom. The summed E-state index contributed by atoms with van der Waals surface area (Å²) in [4.78, 5) is 2.18. The van der Waals surface area contributed by atoms with Crippen LogP contribution in [0.5, 0.6) is 0 Å². The van der Waals surface area contributed by atoms with Crippen LogP contribution in [0.15, 0.2) is 121 Å². The minimum Gasteiger partial charge on any atom is -0.423 e. The molecule has 0 unspecified atom stereocenters. The Hall–Kier alpha value is -3.86. The average Bonchev–Trinajstić information content (AvgIpc) is 2.91. The van der Waals surface area contributed by atoms with Gasteiger partial charge < -0.3 is 14.9 Å². The molecule has 4 aromatic rings. The van der Waals surface area contributed by atoms with Crippen LogP contribution in [0.25, 0.3) is 16.7 Å². The van der Waals surface area contributed by atoms with Crippen molar-refractivity contribution < 1.29 is 10.0 Å². The SMILES string of the molecule is OB(O)c1ccc(N(c2ccc(C3=CC=CCC3)cc2)c2ccc(-c3ccccc3)cc2)cc1. The van der Waals surface area contributed by atoms with Crippen LogP contribution in [0.1, 0.15) is 18.4 Å². The molecule has 1 aliphatic carbocycles. The van der Waals surface area contributed by atoms with Gasteiger partial charge in [-0.25, -0.2) is 0 Å². The maximum Gasteiger partial charge on any atom is 0.488 e. The van der Waals surface area contributed by atoms with Crippen LogP contribution in [0, 0.1) is 0 Å². The Morgan fingerprint density at radius 3 is 1.65 bits per heavy atom. The first-order valence-electron chi connectivity index (χ1n) is 11.6. The van der Waals surface area contributed by atoms with Crippen LogP contribution in [-0.2, 0) is 0 Å². The number of rotatable bonds is 6. The summed E-state index contributed by atoms with van der Waals surface area (Å²) < 4.78 is 0. The summed E-state index contributed by atoms with van der Waals surface area (Å²) >= 11 is 0. The van der Waals surface area contributed by atoms with Gasteiger partial charge in [0, 0.05) is 17.1 Å². The van der Waals surface area contributed by atoms with Crippen molar-refractivity contribution in [3.8, 4) is 11.1 Å². The Kier molecular flexibility index (Phi) is 6.43. The summed E-state index contributed by atoms with van der Waals surface area (Å²) in [6.07, 6.45) is 8.66. The van der Waals surface area contributed by atoms with E-state index in [0.29, 0.717) is 5.46 Å². The molecule has 0 bridgehead atoms. The Labute approximate surface area is 201 Å². The van der Waals surface area contributed by atoms with Crippen LogP contribution in [-0.4, -0.2) is 17.2 Å². The molecule has 0 radical (unpaired) electrons. The highest BCUT2D eigenvalue weighted by Gasteiger charge is 2.16. The van der Waals surface area contributed by atoms with Crippen LogP contribution in [0.2, 0.25) is 0 Å². The highest BCUT2D eigenvalue weighted by molar-refractivity contribution is 6.58. The third-order valence-corrected chi connectivity index (χ3v) is 6.19. The topological polar surface area (TPSA) is 43.7 Å². The minimum absolute atomic E-state index is 0.468. The van der Waals surface area contributed by atoms with Gasteiger partial charge in [-0.3, -0.25) is 0 Å². The second-order valence-electron chi connectivity index (χ2n) is 8.42. The lowest BCUT2D eigenvalue weighted by molar-refractivity contribution is 0.426. The van der Waals surface area contributed by atoms with E-state index < -0.39 is 7.12 Å². The van der Waals surface area contributed by atoms with Crippen molar-refractivity contribution >= 4 is 35.2 Å². The van der Waals surface area contributed by atoms with Gasteiger partial charge in [0.25, 0.3) is 0 Å². The molecule has 0 atom stereocenters. The van der Waals surface area contributed by atoms with Crippen LogP contribution < -0.4 is 10.4 Å². The number of anilines is 3. The quantitative estimate of drug-likeness (QED) is 0.347. The fourth-order valence-corrected chi connectivity index (χ4v) is 4.34. The monoisotopic (exact) mass is 443 g/mol. The lowest BCUT2D eigenvalue weighted by Crippen LogP contribution is -2.29. The predicted molar refractivity (Wildman–Crippen MR) is 143 cm³/mol. The van der Waals surface area contributed by atoms with Gasteiger partial charge >= 0.3 is 7.12 Å². The highest BCUT2D eigenvalue weighted by Crippen LogP contribution is 2.36. The van der Waals surface area contributed by atoms with Crippen molar-refractivity contribution in [2.75, 3.05) is 4.90 Å². The average molecular weight is 443 g/mol. The number of hydrogen-bond donors (Lipinski definition) is 2. The van der Waals surface area contributed by atoms with Gasteiger partial charge in [-0.1, -0.05) is 85.0 Å². The van der Waals surface area contributed by atoms with Crippen LogP contribution >= 0.6 is 0 Å². The molecule has 34 heavy (non-hydrogen) atoms. The summed E-state index contributed by atoms with van der Waals surface area (Å²) in [5.74, 6) is 0. The molecule has 0 spiro atoms. The number of allylic oxidation sites excluding steroid dienone is 4. The van der Waals surface area contributed by atoms with E-state index in [-0.39, 0.29) is 0 Å². The predicted octanol–water partition coefficient (Wildman–Crippen LogP) is 6.24. The molecule has 0 fully saturated rings. The number of benzene rings is 4. The molecule has 0 saturated carbocycles. The summed E-state index contributed by atoms with van der Waals surface area (Å²) in [6.45, 7) is 0. The molecule has 5 rings (SSSR count). The lowest BCUT2D eigenvalue weighted by Gasteiger charge is -2.26. The Morgan fingerprint density at radius 1 is 0.588 bits per heavy atom. The minimum atomic E-state index is -1.48. The van der Waals surface area contributed by atoms with Crippen LogP contribution in [0.3, 0.4) is 0 Å². The molecule has 0 amide bonds. The fourth-order valence-electron chi connectivity index (χ4n) is 4.34. The van der Waals surface area contributed by atoms with Crippen molar-refractivity contribution in [2.24, 2.45) is 0 Å². The molecule has 166 valence electrons. The van der Waals surface area contributed by atoms with Crippen molar-refractivity contribution in [1.82, 2.24) is 0 Å². The molecule has 4 aromatic carbocycles. The van der Waals surface area contributed by atoms with E-state index in [0.717, 1.165) is 35.5 Å². The molecule has 2 N–H and O–H groups in total. The molecule has 1 aliphatic rings. The van der Waals surface area contributed by atoms with Crippen molar-refractivity contribution in [3.05, 3.63) is 127 Å². The van der Waals surface area contributed by atoms with E-state index in [1.165, 1.54) is 16.7 Å². The van der Waals surface area contributed by atoms with Crippen molar-refractivity contribution in [3.63, 3.8) is 0 Å². The Balaban J connectivity index is 1.52. The first-order valence-corrected chi connectivity index (χ1v) is 11.6. The van der Waals surface area contributed by atoms with Gasteiger partial charge in [0.05, 0.1) is 0 Å². The van der Waals surface area contributed by atoms with E-state index >= 15 is 0 Å². The first kappa shape index (κ1) is 22.0.